The topological polar surface area (TPSA) is 81.2 Å². The fraction of sp³-hybridized carbons (Fsp3) is 0.0909. The van der Waals surface area contributed by atoms with Crippen LogP contribution in [0.4, 0.5) is 5.13 Å². The molecule has 0 fully saturated rings. The summed E-state index contributed by atoms with van der Waals surface area (Å²) in [6.07, 6.45) is 0.742. The number of hydrogen-bond acceptors (Lipinski definition) is 6. The van der Waals surface area contributed by atoms with Crippen LogP contribution in [0.1, 0.15) is 10.4 Å². The van der Waals surface area contributed by atoms with Crippen molar-refractivity contribution in [1.29, 1.82) is 0 Å². The minimum Gasteiger partial charge on any atom is -0.484 e. The number of rotatable bonds is 5. The van der Waals surface area contributed by atoms with Gasteiger partial charge in [-0.15, -0.1) is 10.2 Å². The second-order valence-electron chi connectivity index (χ2n) is 3.27. The van der Waals surface area contributed by atoms with Crippen LogP contribution in [-0.4, -0.2) is 29.0 Å². The van der Waals surface area contributed by atoms with Crippen molar-refractivity contribution in [3.8, 4) is 5.75 Å². The molecule has 18 heavy (non-hydrogen) atoms. The summed E-state index contributed by atoms with van der Waals surface area (Å²) in [5.41, 5.74) is 2.08. The van der Waals surface area contributed by atoms with E-state index in [1.165, 1.54) is 16.8 Å². The van der Waals surface area contributed by atoms with Crippen molar-refractivity contribution in [2.45, 2.75) is 0 Å². The van der Waals surface area contributed by atoms with E-state index in [1.54, 1.807) is 24.3 Å². The zero-order valence-electron chi connectivity index (χ0n) is 9.20. The Labute approximate surface area is 107 Å². The second-order valence-corrected chi connectivity index (χ2v) is 4.10. The number of hydrogen-bond donors (Lipinski definition) is 1. The van der Waals surface area contributed by atoms with Gasteiger partial charge in [-0.3, -0.25) is 14.9 Å². The number of benzene rings is 1. The minimum atomic E-state index is -0.314. The highest BCUT2D eigenvalue weighted by Crippen LogP contribution is 2.11. The predicted molar refractivity (Wildman–Crippen MR) is 65.9 cm³/mol. The Morgan fingerprint density at radius 1 is 1.39 bits per heavy atom. The van der Waals surface area contributed by atoms with Crippen molar-refractivity contribution in [3.05, 3.63) is 35.3 Å². The van der Waals surface area contributed by atoms with Gasteiger partial charge in [0.25, 0.3) is 5.91 Å². The Hall–Kier alpha value is -2.28. The van der Waals surface area contributed by atoms with Crippen LogP contribution >= 0.6 is 11.3 Å². The Morgan fingerprint density at radius 3 is 2.78 bits per heavy atom. The molecule has 1 aromatic heterocycles. The van der Waals surface area contributed by atoms with Gasteiger partial charge >= 0.3 is 0 Å². The molecule has 1 amide bonds. The molecule has 0 saturated heterocycles. The molecule has 1 heterocycles. The fourth-order valence-corrected chi connectivity index (χ4v) is 1.64. The Morgan fingerprint density at radius 2 is 2.17 bits per heavy atom. The van der Waals surface area contributed by atoms with E-state index < -0.39 is 0 Å². The molecule has 0 aliphatic heterocycles. The van der Waals surface area contributed by atoms with E-state index in [-0.39, 0.29) is 12.5 Å². The number of amides is 1. The Kier molecular flexibility index (Phi) is 3.98. The number of ether oxygens (including phenoxy) is 1. The van der Waals surface area contributed by atoms with Crippen molar-refractivity contribution in [2.24, 2.45) is 0 Å². The van der Waals surface area contributed by atoms with E-state index in [1.807, 2.05) is 0 Å². The van der Waals surface area contributed by atoms with Crippen molar-refractivity contribution >= 4 is 28.7 Å². The minimum absolute atomic E-state index is 0.125. The van der Waals surface area contributed by atoms with Gasteiger partial charge in [0.2, 0.25) is 5.13 Å². The average Bonchev–Trinajstić information content (AvgIpc) is 2.90. The van der Waals surface area contributed by atoms with Crippen LogP contribution in [-0.2, 0) is 4.79 Å². The van der Waals surface area contributed by atoms with Gasteiger partial charge in [-0.05, 0) is 24.3 Å². The monoisotopic (exact) mass is 263 g/mol. The van der Waals surface area contributed by atoms with Gasteiger partial charge in [0.1, 0.15) is 17.5 Å². The smallest absolute Gasteiger partial charge is 0.264 e. The van der Waals surface area contributed by atoms with Crippen LogP contribution in [0.25, 0.3) is 0 Å². The van der Waals surface area contributed by atoms with Crippen molar-refractivity contribution in [1.82, 2.24) is 10.2 Å². The number of nitrogens with one attached hydrogen (secondary N) is 1. The molecule has 2 aromatic rings. The standard InChI is InChI=1S/C11H9N3O3S/c15-5-8-1-3-9(4-2-8)17-6-10(16)13-11-14-12-7-18-11/h1-5,7H,6H2,(H,13,14,16). The number of anilines is 1. The second kappa shape index (κ2) is 5.87. The normalized spacial score (nSPS) is 9.78. The first kappa shape index (κ1) is 12.2. The molecule has 6 nitrogen and oxygen atoms in total. The molecule has 0 bridgehead atoms. The molecule has 0 aliphatic rings. The third kappa shape index (κ3) is 3.36. The van der Waals surface area contributed by atoms with Gasteiger partial charge in [0, 0.05) is 5.56 Å². The number of aldehydes is 1. The third-order valence-corrected chi connectivity index (χ3v) is 2.60. The predicted octanol–water partition coefficient (Wildman–Crippen LogP) is 1.37. The zero-order valence-corrected chi connectivity index (χ0v) is 10.0. The summed E-state index contributed by atoms with van der Waals surface area (Å²) < 4.78 is 5.24. The van der Waals surface area contributed by atoms with E-state index in [9.17, 15) is 9.59 Å². The summed E-state index contributed by atoms with van der Waals surface area (Å²) in [6.45, 7) is -0.125. The van der Waals surface area contributed by atoms with E-state index in [2.05, 4.69) is 15.5 Å². The van der Waals surface area contributed by atoms with Gasteiger partial charge in [0.15, 0.2) is 6.61 Å². The molecule has 1 aromatic carbocycles. The summed E-state index contributed by atoms with van der Waals surface area (Å²) in [5.74, 6) is 0.208. The molecule has 0 spiro atoms. The lowest BCUT2D eigenvalue weighted by Crippen LogP contribution is -2.20. The molecule has 0 saturated carbocycles. The largest absolute Gasteiger partial charge is 0.484 e. The number of carbonyl (C=O) groups excluding carboxylic acids is 2. The number of nitrogens with zero attached hydrogens (tertiary/aromatic N) is 2. The zero-order chi connectivity index (χ0) is 12.8. The van der Waals surface area contributed by atoms with Crippen LogP contribution in [0.15, 0.2) is 29.8 Å². The highest BCUT2D eigenvalue weighted by Gasteiger charge is 2.05. The van der Waals surface area contributed by atoms with Crippen LogP contribution in [0.5, 0.6) is 5.75 Å². The molecule has 0 radical (unpaired) electrons. The summed E-state index contributed by atoms with van der Waals surface area (Å²) in [6, 6.07) is 6.49. The van der Waals surface area contributed by atoms with E-state index in [0.29, 0.717) is 16.4 Å². The summed E-state index contributed by atoms with van der Waals surface area (Å²) in [7, 11) is 0. The number of carbonyl (C=O) groups is 2. The molecule has 92 valence electrons. The Bertz CT molecular complexity index is 525. The first-order valence-electron chi connectivity index (χ1n) is 5.02. The van der Waals surface area contributed by atoms with Gasteiger partial charge in [0.05, 0.1) is 0 Å². The molecule has 0 aliphatic carbocycles. The van der Waals surface area contributed by atoms with Gasteiger partial charge in [-0.25, -0.2) is 0 Å². The lowest BCUT2D eigenvalue weighted by Gasteiger charge is -2.05. The lowest BCUT2D eigenvalue weighted by atomic mass is 10.2. The van der Waals surface area contributed by atoms with Gasteiger partial charge < -0.3 is 4.74 Å². The highest BCUT2D eigenvalue weighted by molar-refractivity contribution is 7.13. The maximum atomic E-state index is 11.5. The molecular formula is C11H9N3O3S. The molecule has 1 N–H and O–H groups in total. The first-order valence-corrected chi connectivity index (χ1v) is 5.90. The quantitative estimate of drug-likeness (QED) is 0.824. The van der Waals surface area contributed by atoms with E-state index in [4.69, 9.17) is 4.74 Å². The van der Waals surface area contributed by atoms with Gasteiger partial charge in [-0.1, -0.05) is 11.3 Å². The third-order valence-electron chi connectivity index (χ3n) is 1.99. The van der Waals surface area contributed by atoms with Crippen LogP contribution < -0.4 is 10.1 Å². The number of aromatic nitrogens is 2. The van der Waals surface area contributed by atoms with Crippen LogP contribution in [0.2, 0.25) is 0 Å². The highest BCUT2D eigenvalue weighted by atomic mass is 32.1. The maximum Gasteiger partial charge on any atom is 0.264 e. The summed E-state index contributed by atoms with van der Waals surface area (Å²) in [5, 5.41) is 10.2. The summed E-state index contributed by atoms with van der Waals surface area (Å²) in [4.78, 5) is 21.9. The fourth-order valence-electron chi connectivity index (χ4n) is 1.17. The Balaban J connectivity index is 1.83. The van der Waals surface area contributed by atoms with Crippen LogP contribution in [0.3, 0.4) is 0 Å². The molecule has 7 heteroatoms. The van der Waals surface area contributed by atoms with Gasteiger partial charge in [-0.2, -0.15) is 0 Å². The van der Waals surface area contributed by atoms with E-state index in [0.717, 1.165) is 6.29 Å². The maximum absolute atomic E-state index is 11.5. The SMILES string of the molecule is O=Cc1ccc(OCC(=O)Nc2nncs2)cc1. The van der Waals surface area contributed by atoms with Crippen molar-refractivity contribution < 1.29 is 14.3 Å². The molecule has 0 unspecified atom stereocenters. The molecule has 2 rings (SSSR count). The lowest BCUT2D eigenvalue weighted by molar-refractivity contribution is -0.118. The average molecular weight is 263 g/mol. The summed E-state index contributed by atoms with van der Waals surface area (Å²) >= 11 is 1.23. The van der Waals surface area contributed by atoms with E-state index >= 15 is 0 Å². The van der Waals surface area contributed by atoms with Crippen molar-refractivity contribution in [3.63, 3.8) is 0 Å². The molecule has 0 atom stereocenters. The van der Waals surface area contributed by atoms with Crippen molar-refractivity contribution in [2.75, 3.05) is 11.9 Å². The van der Waals surface area contributed by atoms with Crippen LogP contribution in [0, 0.1) is 0 Å². The first-order chi connectivity index (χ1) is 8.78. The molecular weight excluding hydrogens is 254 g/mol.